The Kier molecular flexibility index (Phi) is 11.5. The zero-order valence-corrected chi connectivity index (χ0v) is 27.7. The summed E-state index contributed by atoms with van der Waals surface area (Å²) in [6.07, 6.45) is 4.79. The van der Waals surface area contributed by atoms with Crippen molar-refractivity contribution in [3.05, 3.63) is 60.1 Å². The van der Waals surface area contributed by atoms with Gasteiger partial charge in [-0.25, -0.2) is 13.6 Å². The van der Waals surface area contributed by atoms with Crippen LogP contribution in [-0.2, 0) is 42.5 Å². The van der Waals surface area contributed by atoms with Gasteiger partial charge < -0.3 is 28.0 Å². The Labute approximate surface area is 257 Å². The number of ether oxygens (including phenoxy) is 4. The van der Waals surface area contributed by atoms with Crippen LogP contribution in [-0.4, -0.2) is 64.8 Å². The van der Waals surface area contributed by atoms with Crippen LogP contribution in [0.5, 0.6) is 0 Å². The van der Waals surface area contributed by atoms with E-state index >= 15 is 0 Å². The van der Waals surface area contributed by atoms with E-state index in [2.05, 4.69) is 24.8 Å². The monoisotopic (exact) mass is 636 g/mol. The first-order chi connectivity index (χ1) is 20.4. The van der Waals surface area contributed by atoms with E-state index in [1.807, 2.05) is 18.4 Å². The normalized spacial score (nSPS) is 16.9. The Balaban J connectivity index is 1.53. The van der Waals surface area contributed by atoms with Gasteiger partial charge in [-0.15, -0.1) is 0 Å². The van der Waals surface area contributed by atoms with Crippen LogP contribution in [0.1, 0.15) is 50.5 Å². The highest BCUT2D eigenvalue weighted by Gasteiger charge is 2.40. The van der Waals surface area contributed by atoms with Gasteiger partial charge in [-0.1, -0.05) is 36.9 Å². The van der Waals surface area contributed by atoms with E-state index < -0.39 is 29.6 Å². The highest BCUT2D eigenvalue weighted by molar-refractivity contribution is 7.84. The Morgan fingerprint density at radius 2 is 1.91 bits per heavy atom. The molecule has 2 aromatic heterocycles. The molecule has 0 saturated carbocycles. The second kappa shape index (κ2) is 14.7. The molecule has 1 fully saturated rings. The molecule has 0 aliphatic carbocycles. The van der Waals surface area contributed by atoms with Crippen LogP contribution in [0.15, 0.2) is 47.3 Å². The second-order valence-electron chi connectivity index (χ2n) is 12.7. The molecule has 1 aromatic carbocycles. The predicted octanol–water partition coefficient (Wildman–Crippen LogP) is 5.56. The molecule has 1 aliphatic heterocycles. The SMILES string of the molecule is CC(C)(C[C@@H](COCCCC1(c2ccon2)OCCO1)c1ncc(-c2ccccc2F)n1COCC[Si](C)(C)C)S(N)=O. The van der Waals surface area contributed by atoms with Crippen LogP contribution >= 0.6 is 0 Å². The Bertz CT molecular complexity index is 1320. The van der Waals surface area contributed by atoms with Gasteiger partial charge in [0.2, 0.25) is 5.79 Å². The van der Waals surface area contributed by atoms with Crippen molar-refractivity contribution in [2.75, 3.05) is 33.0 Å². The highest BCUT2D eigenvalue weighted by atomic mass is 32.2. The fourth-order valence-electron chi connectivity index (χ4n) is 5.09. The number of rotatable bonds is 17. The van der Waals surface area contributed by atoms with Crippen LogP contribution in [0.4, 0.5) is 4.39 Å². The molecule has 0 amide bonds. The van der Waals surface area contributed by atoms with E-state index in [4.69, 9.17) is 33.6 Å². The number of halogens is 1. The van der Waals surface area contributed by atoms with Gasteiger partial charge in [0.15, 0.2) is 0 Å². The summed E-state index contributed by atoms with van der Waals surface area (Å²) < 4.78 is 57.8. The molecule has 13 heteroatoms. The zero-order valence-electron chi connectivity index (χ0n) is 25.8. The third-order valence-electron chi connectivity index (χ3n) is 7.60. The first-order valence-electron chi connectivity index (χ1n) is 14.7. The van der Waals surface area contributed by atoms with Gasteiger partial charge >= 0.3 is 0 Å². The van der Waals surface area contributed by atoms with Gasteiger partial charge in [0.05, 0.1) is 47.4 Å². The van der Waals surface area contributed by atoms with E-state index in [1.54, 1.807) is 30.5 Å². The summed E-state index contributed by atoms with van der Waals surface area (Å²) in [4.78, 5) is 4.76. The maximum Gasteiger partial charge on any atom is 0.215 e. The molecule has 238 valence electrons. The number of hydrogen-bond donors (Lipinski definition) is 1. The number of imidazole rings is 1. The minimum Gasteiger partial charge on any atom is -0.381 e. The molecule has 0 radical (unpaired) electrons. The van der Waals surface area contributed by atoms with Crippen molar-refractivity contribution in [1.82, 2.24) is 14.7 Å². The Morgan fingerprint density at radius 3 is 2.56 bits per heavy atom. The molecule has 43 heavy (non-hydrogen) atoms. The smallest absolute Gasteiger partial charge is 0.215 e. The first kappa shape index (κ1) is 33.6. The van der Waals surface area contributed by atoms with Crippen molar-refractivity contribution >= 4 is 19.1 Å². The Morgan fingerprint density at radius 1 is 1.16 bits per heavy atom. The number of nitrogens with two attached hydrogens (primary N) is 1. The fraction of sp³-hybridized carbons (Fsp3) is 0.600. The molecule has 4 rings (SSSR count). The van der Waals surface area contributed by atoms with E-state index in [-0.39, 0.29) is 18.5 Å². The summed E-state index contributed by atoms with van der Waals surface area (Å²) in [6, 6.07) is 9.37. The van der Waals surface area contributed by atoms with E-state index in [9.17, 15) is 8.60 Å². The lowest BCUT2D eigenvalue weighted by atomic mass is 9.96. The standard InChI is InChI=1S/C30H45FN4O6SSi/c1-29(2,42(32)36)19-23(21-37-13-8-12-30(39-15-16-40-30)27-11-14-41-34-27)28-33-20-26(24-9-6-7-10-25(24)31)35(28)22-38-17-18-43(3,4)5/h6-7,9-11,14,20,23H,8,12-13,15-19,21-22,32H2,1-5H3/t23-,42?/m0/s1. The lowest BCUT2D eigenvalue weighted by molar-refractivity contribution is -0.177. The lowest BCUT2D eigenvalue weighted by Crippen LogP contribution is -2.35. The third-order valence-corrected chi connectivity index (χ3v) is 10.6. The maximum atomic E-state index is 14.9. The largest absolute Gasteiger partial charge is 0.381 e. The van der Waals surface area contributed by atoms with Crippen LogP contribution in [0.3, 0.4) is 0 Å². The van der Waals surface area contributed by atoms with Crippen molar-refractivity contribution in [1.29, 1.82) is 0 Å². The highest BCUT2D eigenvalue weighted by Crippen LogP contribution is 2.36. The van der Waals surface area contributed by atoms with Crippen LogP contribution in [0, 0.1) is 5.82 Å². The topological polar surface area (TPSA) is 124 Å². The molecule has 10 nitrogen and oxygen atoms in total. The lowest BCUT2D eigenvalue weighted by Gasteiger charge is -2.28. The van der Waals surface area contributed by atoms with Gasteiger partial charge in [-0.3, -0.25) is 5.14 Å². The summed E-state index contributed by atoms with van der Waals surface area (Å²) in [7, 11) is -2.90. The summed E-state index contributed by atoms with van der Waals surface area (Å²) in [5.41, 5.74) is 1.65. The first-order valence-corrected chi connectivity index (χ1v) is 19.6. The molecule has 3 aromatic rings. The minimum atomic E-state index is -1.59. The summed E-state index contributed by atoms with van der Waals surface area (Å²) in [5, 5.41) is 9.92. The molecule has 0 spiro atoms. The van der Waals surface area contributed by atoms with Gasteiger partial charge in [0, 0.05) is 45.3 Å². The van der Waals surface area contributed by atoms with Gasteiger partial charge in [0.1, 0.15) is 30.3 Å². The molecule has 0 bridgehead atoms. The zero-order chi connectivity index (χ0) is 31.1. The van der Waals surface area contributed by atoms with Crippen molar-refractivity contribution in [3.63, 3.8) is 0 Å². The average molecular weight is 637 g/mol. The number of benzene rings is 1. The molecule has 2 atom stereocenters. The molecule has 1 unspecified atom stereocenters. The Hall–Kier alpha value is -2.26. The number of nitrogens with zero attached hydrogens (tertiary/aromatic N) is 3. The quantitative estimate of drug-likeness (QED) is 0.151. The second-order valence-corrected chi connectivity index (χ2v) is 20.0. The van der Waals surface area contributed by atoms with Crippen LogP contribution in [0.25, 0.3) is 11.3 Å². The average Bonchev–Trinajstić information content (AvgIpc) is 3.72. The summed E-state index contributed by atoms with van der Waals surface area (Å²) in [5.74, 6) is -0.892. The van der Waals surface area contributed by atoms with E-state index in [1.165, 1.54) is 12.3 Å². The molecular weight excluding hydrogens is 592 g/mol. The molecular formula is C30H45FN4O6SSi. The molecule has 3 heterocycles. The molecule has 2 N–H and O–H groups in total. The van der Waals surface area contributed by atoms with Gasteiger partial charge in [-0.05, 0) is 44.9 Å². The van der Waals surface area contributed by atoms with Crippen LogP contribution in [0.2, 0.25) is 25.7 Å². The van der Waals surface area contributed by atoms with E-state index in [0.29, 0.717) is 75.1 Å². The van der Waals surface area contributed by atoms with Crippen molar-refractivity contribution in [2.45, 2.75) is 82.0 Å². The van der Waals surface area contributed by atoms with Crippen LogP contribution < -0.4 is 5.14 Å². The maximum absolute atomic E-state index is 14.9. The minimum absolute atomic E-state index is 0.209. The van der Waals surface area contributed by atoms with Gasteiger partial charge in [0.25, 0.3) is 0 Å². The van der Waals surface area contributed by atoms with E-state index in [0.717, 1.165) is 6.04 Å². The van der Waals surface area contributed by atoms with Gasteiger partial charge in [-0.2, -0.15) is 0 Å². The summed E-state index contributed by atoms with van der Waals surface area (Å²) in [6.45, 7) is 13.1. The predicted molar refractivity (Wildman–Crippen MR) is 166 cm³/mol. The third kappa shape index (κ3) is 8.90. The number of hydrogen-bond acceptors (Lipinski definition) is 8. The van der Waals surface area contributed by atoms with Crippen molar-refractivity contribution < 1.29 is 32.1 Å². The number of aromatic nitrogens is 3. The van der Waals surface area contributed by atoms with Crippen molar-refractivity contribution in [2.24, 2.45) is 5.14 Å². The fourth-order valence-corrected chi connectivity index (χ4v) is 6.21. The molecule has 1 saturated heterocycles. The molecule has 1 aliphatic rings. The van der Waals surface area contributed by atoms with Crippen molar-refractivity contribution in [3.8, 4) is 11.3 Å². The summed E-state index contributed by atoms with van der Waals surface area (Å²) >= 11 is 0.